The Labute approximate surface area is 132 Å². The van der Waals surface area contributed by atoms with Gasteiger partial charge in [-0.2, -0.15) is 0 Å². The van der Waals surface area contributed by atoms with E-state index in [1.54, 1.807) is 6.08 Å². The maximum absolute atomic E-state index is 12.5. The Bertz CT molecular complexity index is 526. The Morgan fingerprint density at radius 1 is 1.10 bits per heavy atom. The van der Waals surface area contributed by atoms with E-state index in [-0.39, 0.29) is 10.4 Å². The van der Waals surface area contributed by atoms with Gasteiger partial charge in [0.15, 0.2) is 5.78 Å². The summed E-state index contributed by atoms with van der Waals surface area (Å²) in [7, 11) is 0. The van der Waals surface area contributed by atoms with Crippen LogP contribution in [0.15, 0.2) is 10.6 Å². The van der Waals surface area contributed by atoms with Crippen LogP contribution in [-0.4, -0.2) is 23.5 Å². The van der Waals surface area contributed by atoms with Crippen molar-refractivity contribution in [2.24, 2.45) is 23.2 Å². The molecule has 2 atom stereocenters. The van der Waals surface area contributed by atoms with Crippen molar-refractivity contribution < 1.29 is 23.9 Å². The number of allylic oxidation sites excluding steroid dienone is 1. The van der Waals surface area contributed by atoms with E-state index in [4.69, 9.17) is 32.7 Å². The number of carbonyl (C=O) groups excluding carboxylic acids is 3. The molecule has 1 saturated heterocycles. The topological polar surface area (TPSA) is 69.7 Å². The first kappa shape index (κ1) is 16.3. The van der Waals surface area contributed by atoms with Gasteiger partial charge in [-0.05, 0) is 17.4 Å². The summed E-state index contributed by atoms with van der Waals surface area (Å²) in [5.41, 5.74) is -0.417. The number of halogens is 2. The lowest BCUT2D eigenvalue weighted by atomic mass is 9.95. The summed E-state index contributed by atoms with van der Waals surface area (Å²) in [4.78, 5) is 36.3. The summed E-state index contributed by atoms with van der Waals surface area (Å²) in [6, 6.07) is 0. The Kier molecular flexibility index (Phi) is 3.87. The second-order valence-electron chi connectivity index (χ2n) is 6.36. The molecular weight excluding hydrogens is 319 g/mol. The molecule has 21 heavy (non-hydrogen) atoms. The quantitative estimate of drug-likeness (QED) is 0.586. The van der Waals surface area contributed by atoms with E-state index < -0.39 is 40.8 Å². The summed E-state index contributed by atoms with van der Waals surface area (Å²) in [6.45, 7) is 6.56. The smallest absolute Gasteiger partial charge is 0.331 e. The largest absolute Gasteiger partial charge is 0.422 e. The van der Waals surface area contributed by atoms with Gasteiger partial charge in [0, 0.05) is 19.8 Å². The fourth-order valence-corrected chi connectivity index (χ4v) is 3.07. The molecule has 2 fully saturated rings. The minimum absolute atomic E-state index is 0.0540. The van der Waals surface area contributed by atoms with Gasteiger partial charge in [0.2, 0.25) is 5.92 Å². The molecule has 1 saturated carbocycles. The van der Waals surface area contributed by atoms with E-state index in [0.717, 1.165) is 0 Å². The van der Waals surface area contributed by atoms with E-state index in [1.165, 1.54) is 13.8 Å². The minimum Gasteiger partial charge on any atom is -0.422 e. The summed E-state index contributed by atoms with van der Waals surface area (Å²) in [5.74, 6) is -5.87. The molecule has 2 rings (SSSR count). The van der Waals surface area contributed by atoms with Crippen molar-refractivity contribution >= 4 is 40.9 Å². The first-order chi connectivity index (χ1) is 9.47. The number of cyclic esters (lactones) is 2. The minimum atomic E-state index is -1.53. The molecule has 0 aromatic rings. The highest BCUT2D eigenvalue weighted by Gasteiger charge is 2.64. The van der Waals surface area contributed by atoms with Gasteiger partial charge in [-0.1, -0.05) is 37.0 Å². The highest BCUT2D eigenvalue weighted by atomic mass is 35.5. The molecule has 1 aliphatic heterocycles. The lowest BCUT2D eigenvalue weighted by Crippen LogP contribution is -2.49. The average Bonchev–Trinajstić information content (AvgIpc) is 2.75. The molecule has 2 aliphatic rings. The number of carbonyl (C=O) groups is 3. The molecule has 0 aromatic heterocycles. The summed E-state index contributed by atoms with van der Waals surface area (Å²) >= 11 is 11.2. The van der Waals surface area contributed by atoms with Crippen molar-refractivity contribution in [3.63, 3.8) is 0 Å². The summed E-state index contributed by atoms with van der Waals surface area (Å²) in [6.07, 6.45) is 1.55. The monoisotopic (exact) mass is 334 g/mol. The molecule has 1 heterocycles. The van der Waals surface area contributed by atoms with E-state index >= 15 is 0 Å². The van der Waals surface area contributed by atoms with E-state index in [0.29, 0.717) is 0 Å². The van der Waals surface area contributed by atoms with Crippen molar-refractivity contribution in [1.29, 1.82) is 0 Å². The van der Waals surface area contributed by atoms with Gasteiger partial charge in [0.25, 0.3) is 5.79 Å². The highest BCUT2D eigenvalue weighted by molar-refractivity contribution is 6.55. The van der Waals surface area contributed by atoms with Crippen LogP contribution in [-0.2, 0) is 23.9 Å². The lowest BCUT2D eigenvalue weighted by molar-refractivity contribution is -0.238. The first-order valence-corrected chi connectivity index (χ1v) is 7.25. The number of hydrogen-bond donors (Lipinski definition) is 0. The Morgan fingerprint density at radius 2 is 1.57 bits per heavy atom. The van der Waals surface area contributed by atoms with Crippen LogP contribution >= 0.6 is 23.2 Å². The third-order valence-electron chi connectivity index (χ3n) is 3.97. The van der Waals surface area contributed by atoms with Crippen LogP contribution in [0.1, 0.15) is 27.7 Å². The van der Waals surface area contributed by atoms with Crippen molar-refractivity contribution in [1.82, 2.24) is 0 Å². The standard InChI is InChI=1S/C14H16Cl2O5/c1-13(2)6(5-7(15)16)9(13)10(17)8-11(18)20-14(3,4)21-12(8)19/h5-6,8-9H,1-4H3. The second-order valence-corrected chi connectivity index (χ2v) is 7.37. The molecule has 0 amide bonds. The van der Waals surface area contributed by atoms with Gasteiger partial charge in [-0.15, -0.1) is 0 Å². The third-order valence-corrected chi connectivity index (χ3v) is 4.22. The zero-order valence-electron chi connectivity index (χ0n) is 12.1. The van der Waals surface area contributed by atoms with Crippen molar-refractivity contribution in [2.75, 3.05) is 0 Å². The molecular formula is C14H16Cl2O5. The van der Waals surface area contributed by atoms with Crippen LogP contribution in [0.3, 0.4) is 0 Å². The maximum Gasteiger partial charge on any atom is 0.331 e. The van der Waals surface area contributed by atoms with Crippen LogP contribution in [0.5, 0.6) is 0 Å². The number of hydrogen-bond acceptors (Lipinski definition) is 5. The zero-order chi connectivity index (χ0) is 16.2. The van der Waals surface area contributed by atoms with Crippen molar-refractivity contribution in [3.8, 4) is 0 Å². The predicted molar refractivity (Wildman–Crippen MR) is 75.3 cm³/mol. The number of Topliss-reactive ketones (excluding diaryl/α,β-unsaturated/α-hetero) is 1. The third kappa shape index (κ3) is 2.94. The Morgan fingerprint density at radius 3 is 2.00 bits per heavy atom. The number of esters is 2. The summed E-state index contributed by atoms with van der Waals surface area (Å²) < 4.78 is 9.99. The highest BCUT2D eigenvalue weighted by Crippen LogP contribution is 2.61. The van der Waals surface area contributed by atoms with Crippen LogP contribution < -0.4 is 0 Å². The summed E-state index contributed by atoms with van der Waals surface area (Å²) in [5, 5.41) is 0. The van der Waals surface area contributed by atoms with Gasteiger partial charge >= 0.3 is 11.9 Å². The first-order valence-electron chi connectivity index (χ1n) is 6.49. The fraction of sp³-hybridized carbons (Fsp3) is 0.643. The van der Waals surface area contributed by atoms with Gasteiger partial charge < -0.3 is 9.47 Å². The molecule has 1 aliphatic carbocycles. The SMILES string of the molecule is CC1(C)OC(=O)C(C(=O)C2C(C=C(Cl)Cl)C2(C)C)C(=O)O1. The van der Waals surface area contributed by atoms with Gasteiger partial charge in [0.1, 0.15) is 4.49 Å². The molecule has 0 N–H and O–H groups in total. The molecule has 7 heteroatoms. The van der Waals surface area contributed by atoms with Crippen molar-refractivity contribution in [2.45, 2.75) is 33.5 Å². The van der Waals surface area contributed by atoms with Crippen LogP contribution in [0.4, 0.5) is 0 Å². The number of ketones is 1. The number of rotatable bonds is 3. The molecule has 116 valence electrons. The molecule has 0 radical (unpaired) electrons. The normalized spacial score (nSPS) is 30.2. The van der Waals surface area contributed by atoms with Crippen LogP contribution in [0.25, 0.3) is 0 Å². The Balaban J connectivity index is 2.20. The van der Waals surface area contributed by atoms with Crippen LogP contribution in [0.2, 0.25) is 0 Å². The van der Waals surface area contributed by atoms with Gasteiger partial charge in [0.05, 0.1) is 0 Å². The van der Waals surface area contributed by atoms with Gasteiger partial charge in [-0.3, -0.25) is 14.4 Å². The number of ether oxygens (including phenoxy) is 2. The zero-order valence-corrected chi connectivity index (χ0v) is 13.6. The molecule has 0 spiro atoms. The lowest BCUT2D eigenvalue weighted by Gasteiger charge is -2.32. The fourth-order valence-electron chi connectivity index (χ4n) is 2.80. The van der Waals surface area contributed by atoms with Crippen LogP contribution in [0, 0.1) is 23.2 Å². The second kappa shape index (κ2) is 4.99. The molecule has 0 aromatic carbocycles. The van der Waals surface area contributed by atoms with E-state index in [2.05, 4.69) is 0 Å². The maximum atomic E-state index is 12.5. The predicted octanol–water partition coefficient (Wildman–Crippen LogP) is 2.60. The average molecular weight is 335 g/mol. The van der Waals surface area contributed by atoms with Gasteiger partial charge in [-0.25, -0.2) is 0 Å². The van der Waals surface area contributed by atoms with Crippen molar-refractivity contribution in [3.05, 3.63) is 10.6 Å². The van der Waals surface area contributed by atoms with E-state index in [9.17, 15) is 14.4 Å². The molecule has 2 unspecified atom stereocenters. The molecule has 5 nitrogen and oxygen atoms in total. The molecule has 0 bridgehead atoms. The Hall–Kier alpha value is -1.07. The van der Waals surface area contributed by atoms with E-state index in [1.807, 2.05) is 13.8 Å².